The molecule has 6 heteroatoms. The second kappa shape index (κ2) is 14.5. The molecule has 0 bridgehead atoms. The van der Waals surface area contributed by atoms with Crippen LogP contribution in [0, 0.1) is 17.9 Å². The van der Waals surface area contributed by atoms with Crippen molar-refractivity contribution in [3.8, 4) is 5.69 Å². The van der Waals surface area contributed by atoms with Crippen LogP contribution in [0.2, 0.25) is 0 Å². The van der Waals surface area contributed by atoms with E-state index in [1.54, 1.807) is 0 Å². The monoisotopic (exact) mass is 788 g/mol. The number of furan rings is 1. The molecule has 0 unspecified atom stereocenters. The number of fused-ring (bicyclic) bond motifs is 4. The van der Waals surface area contributed by atoms with Gasteiger partial charge in [-0.25, -0.2) is 0 Å². The third-order valence-electron chi connectivity index (χ3n) is 9.01. The summed E-state index contributed by atoms with van der Waals surface area (Å²) in [4.78, 5) is 16.5. The van der Waals surface area contributed by atoms with Crippen LogP contribution >= 0.6 is 0 Å². The number of ketones is 1. The predicted octanol–water partition coefficient (Wildman–Crippen LogP) is 10.9. The Bertz CT molecular complexity index is 2150. The zero-order valence-corrected chi connectivity index (χ0v) is 29.1. The number of hydrogen-bond acceptors (Lipinski definition) is 4. The Labute approximate surface area is 283 Å². The molecule has 0 fully saturated rings. The molecule has 0 saturated heterocycles. The molecule has 0 amide bonds. The van der Waals surface area contributed by atoms with Gasteiger partial charge in [0.1, 0.15) is 11.2 Å². The zero-order chi connectivity index (χ0) is 31.5. The Morgan fingerprint density at radius 3 is 2.24 bits per heavy atom. The van der Waals surface area contributed by atoms with E-state index in [0.29, 0.717) is 0 Å². The van der Waals surface area contributed by atoms with Gasteiger partial charge in [-0.05, 0) is 61.5 Å². The Kier molecular flexibility index (Phi) is 10.4. The van der Waals surface area contributed by atoms with Gasteiger partial charge in [0, 0.05) is 71.7 Å². The molecule has 0 saturated carbocycles. The Morgan fingerprint density at radius 2 is 1.52 bits per heavy atom. The SMILES string of the molecule is CCC(CC)C(=O)/C=C(\O)C(CC)CC.[Ir].[c-]1cc2ccccc2c2c1c1nccc3oc4cccc(c4c31)n2-c1ccccc1. The van der Waals surface area contributed by atoms with E-state index < -0.39 is 0 Å². The number of para-hydroxylation sites is 1. The minimum absolute atomic E-state index is 0. The van der Waals surface area contributed by atoms with E-state index in [-0.39, 0.29) is 43.5 Å². The van der Waals surface area contributed by atoms with Crippen LogP contribution in [0.3, 0.4) is 0 Å². The number of carbonyl (C=O) groups excluding carboxylic acids is 1. The number of benzene rings is 4. The average Bonchev–Trinajstić information content (AvgIpc) is 3.40. The van der Waals surface area contributed by atoms with Crippen molar-refractivity contribution in [2.45, 2.75) is 53.4 Å². The van der Waals surface area contributed by atoms with Crippen LogP contribution in [0.1, 0.15) is 53.4 Å². The summed E-state index contributed by atoms with van der Waals surface area (Å²) < 4.78 is 8.54. The first-order valence-electron chi connectivity index (χ1n) is 16.0. The van der Waals surface area contributed by atoms with Crippen molar-refractivity contribution < 1.29 is 34.4 Å². The average molecular weight is 788 g/mol. The molecule has 0 spiro atoms. The van der Waals surface area contributed by atoms with E-state index in [0.717, 1.165) is 80.6 Å². The molecule has 5 nitrogen and oxygen atoms in total. The summed E-state index contributed by atoms with van der Waals surface area (Å²) in [5.41, 5.74) is 5.92. The van der Waals surface area contributed by atoms with Gasteiger partial charge in [-0.15, -0.1) is 17.5 Å². The van der Waals surface area contributed by atoms with Gasteiger partial charge >= 0.3 is 0 Å². The van der Waals surface area contributed by atoms with Gasteiger partial charge in [0.2, 0.25) is 0 Å². The number of nitrogens with zero attached hydrogens (tertiary/aromatic N) is 2. The third kappa shape index (κ3) is 6.00. The second-order valence-corrected chi connectivity index (χ2v) is 11.6. The molecule has 1 N–H and O–H groups in total. The predicted molar refractivity (Wildman–Crippen MR) is 186 cm³/mol. The van der Waals surface area contributed by atoms with Crippen LogP contribution in [-0.4, -0.2) is 20.4 Å². The van der Waals surface area contributed by atoms with Crippen LogP contribution in [-0.2, 0) is 24.9 Å². The summed E-state index contributed by atoms with van der Waals surface area (Å²) in [6.45, 7) is 8.07. The molecule has 0 aliphatic heterocycles. The number of hydrogen-bond donors (Lipinski definition) is 1. The Hall–Kier alpha value is -4.25. The molecule has 1 radical (unpaired) electrons. The fourth-order valence-corrected chi connectivity index (χ4v) is 6.47. The molecule has 4 aromatic carbocycles. The minimum Gasteiger partial charge on any atom is -0.512 e. The normalized spacial score (nSPS) is 11.9. The second-order valence-electron chi connectivity index (χ2n) is 11.6. The number of aliphatic hydroxyl groups is 1. The van der Waals surface area contributed by atoms with Gasteiger partial charge < -0.3 is 19.1 Å². The van der Waals surface area contributed by atoms with E-state index in [2.05, 4.69) is 77.4 Å². The van der Waals surface area contributed by atoms with Crippen LogP contribution < -0.4 is 0 Å². The molecular formula is C40H39IrN2O3-. The van der Waals surface area contributed by atoms with Crippen LogP contribution in [0.15, 0.2) is 107 Å². The summed E-state index contributed by atoms with van der Waals surface area (Å²) in [5, 5.41) is 15.2. The topological polar surface area (TPSA) is 68.3 Å². The standard InChI is InChI=1S/C27H15N2O.C13H24O2.Ir/c1-2-8-18(9-3-1)29-21-11-6-12-22-24(21)25-23(30-22)15-16-28-26(25)20-14-13-17-7-4-5-10-19(17)27(20)29;1-5-10(6-2)12(14)9-13(15)11(7-3)8-4;/h1-13,15-16H;9-11,14H,5-8H2,1-4H3;/q-1;;/b;12-9-;. The van der Waals surface area contributed by atoms with Crippen molar-refractivity contribution in [1.29, 1.82) is 0 Å². The number of pyridine rings is 1. The largest absolute Gasteiger partial charge is 0.512 e. The van der Waals surface area contributed by atoms with Crippen LogP contribution in [0.5, 0.6) is 0 Å². The quantitative estimate of drug-likeness (QED) is 0.0946. The van der Waals surface area contributed by atoms with Crippen molar-refractivity contribution in [3.05, 3.63) is 109 Å². The van der Waals surface area contributed by atoms with Gasteiger partial charge in [0.25, 0.3) is 0 Å². The number of rotatable bonds is 8. The van der Waals surface area contributed by atoms with Crippen molar-refractivity contribution in [2.75, 3.05) is 0 Å². The van der Waals surface area contributed by atoms with Crippen LogP contribution in [0.25, 0.3) is 60.3 Å². The van der Waals surface area contributed by atoms with Crippen molar-refractivity contribution in [2.24, 2.45) is 11.8 Å². The molecular weight excluding hydrogens is 749 g/mol. The Morgan fingerprint density at radius 1 is 0.848 bits per heavy atom. The van der Waals surface area contributed by atoms with Crippen molar-refractivity contribution in [1.82, 2.24) is 9.55 Å². The Balaban J connectivity index is 0.000000225. The number of allylic oxidation sites excluding steroid dienone is 2. The van der Waals surface area contributed by atoms with Gasteiger partial charge in [-0.3, -0.25) is 4.79 Å². The van der Waals surface area contributed by atoms with E-state index >= 15 is 0 Å². The van der Waals surface area contributed by atoms with Gasteiger partial charge in [0.05, 0.1) is 5.76 Å². The van der Waals surface area contributed by atoms with Crippen LogP contribution in [0.4, 0.5) is 0 Å². The van der Waals surface area contributed by atoms with E-state index in [1.807, 2.05) is 52.1 Å². The van der Waals surface area contributed by atoms with E-state index in [9.17, 15) is 9.90 Å². The van der Waals surface area contributed by atoms with Gasteiger partial charge in [-0.1, -0.05) is 87.0 Å². The smallest absolute Gasteiger partial charge is 0.162 e. The molecule has 3 heterocycles. The molecule has 237 valence electrons. The molecule has 46 heavy (non-hydrogen) atoms. The zero-order valence-electron chi connectivity index (χ0n) is 26.7. The van der Waals surface area contributed by atoms with Gasteiger partial charge in [-0.2, -0.15) is 0 Å². The minimum atomic E-state index is 0. The number of aliphatic hydroxyl groups excluding tert-OH is 1. The van der Waals surface area contributed by atoms with Gasteiger partial charge in [0.15, 0.2) is 5.78 Å². The molecule has 3 aromatic heterocycles. The molecule has 0 aliphatic rings. The molecule has 7 aromatic rings. The maximum absolute atomic E-state index is 11.7. The van der Waals surface area contributed by atoms with Crippen molar-refractivity contribution >= 4 is 60.4 Å². The summed E-state index contributed by atoms with van der Waals surface area (Å²) >= 11 is 0. The third-order valence-corrected chi connectivity index (χ3v) is 9.01. The summed E-state index contributed by atoms with van der Waals surface area (Å²) in [6, 6.07) is 32.8. The maximum Gasteiger partial charge on any atom is 0.162 e. The molecule has 0 aliphatic carbocycles. The maximum atomic E-state index is 11.7. The first kappa shape index (κ1) is 33.1. The summed E-state index contributed by atoms with van der Waals surface area (Å²) in [7, 11) is 0. The van der Waals surface area contributed by atoms with E-state index in [4.69, 9.17) is 9.40 Å². The first-order valence-corrected chi connectivity index (χ1v) is 16.0. The summed E-state index contributed by atoms with van der Waals surface area (Å²) in [5.74, 6) is 0.547. The number of carbonyl (C=O) groups is 1. The fraction of sp³-hybridized carbons (Fsp3) is 0.250. The van der Waals surface area contributed by atoms with E-state index in [1.165, 1.54) is 11.5 Å². The number of aromatic nitrogens is 2. The fourth-order valence-electron chi connectivity index (χ4n) is 6.47. The van der Waals surface area contributed by atoms with Crippen molar-refractivity contribution in [3.63, 3.8) is 0 Å². The summed E-state index contributed by atoms with van der Waals surface area (Å²) in [6.07, 6.45) is 6.73. The molecule has 0 atom stereocenters. The first-order chi connectivity index (χ1) is 22.0. The molecule has 7 rings (SSSR count).